The number of aryl methyl sites for hydroxylation is 1. The maximum atomic E-state index is 12.3. The zero-order valence-electron chi connectivity index (χ0n) is 18.2. The summed E-state index contributed by atoms with van der Waals surface area (Å²) in [5.41, 5.74) is 1.67. The Morgan fingerprint density at radius 3 is 2.59 bits per heavy atom. The minimum atomic E-state index is -0.579. The number of fused-ring (bicyclic) bond motifs is 1. The lowest BCUT2D eigenvalue weighted by Crippen LogP contribution is -2.22. The summed E-state index contributed by atoms with van der Waals surface area (Å²) in [6.07, 6.45) is 3.61. The number of esters is 1. The largest absolute Gasteiger partial charge is 0.480 e. The van der Waals surface area contributed by atoms with Crippen molar-refractivity contribution in [1.82, 2.24) is 19.5 Å². The van der Waals surface area contributed by atoms with E-state index in [1.807, 2.05) is 30.3 Å². The summed E-state index contributed by atoms with van der Waals surface area (Å²) >= 11 is 0. The number of rotatable bonds is 11. The second kappa shape index (κ2) is 11.2. The molecule has 0 fully saturated rings. The molecule has 0 aliphatic carbocycles. The number of aromatic hydroxyl groups is 1. The Balaban J connectivity index is 1.88. The number of hydrogen-bond acceptors (Lipinski definition) is 8. The van der Waals surface area contributed by atoms with Crippen molar-refractivity contribution in [3.05, 3.63) is 41.7 Å². The molecule has 0 atom stereocenters. The molecule has 0 aliphatic rings. The van der Waals surface area contributed by atoms with Gasteiger partial charge in [0.25, 0.3) is 11.9 Å². The van der Waals surface area contributed by atoms with Crippen molar-refractivity contribution in [2.24, 2.45) is 0 Å². The van der Waals surface area contributed by atoms with E-state index >= 15 is 0 Å². The second-order valence-electron chi connectivity index (χ2n) is 7.22. The van der Waals surface area contributed by atoms with Gasteiger partial charge in [0.1, 0.15) is 19.0 Å². The maximum Gasteiger partial charge on any atom is 0.331 e. The monoisotopic (exact) mass is 441 g/mol. The first-order valence-corrected chi connectivity index (χ1v) is 10.5. The van der Waals surface area contributed by atoms with Gasteiger partial charge in [0.2, 0.25) is 0 Å². The highest BCUT2D eigenvalue weighted by atomic mass is 16.6. The Morgan fingerprint density at radius 2 is 1.88 bits per heavy atom. The third kappa shape index (κ3) is 6.01. The van der Waals surface area contributed by atoms with E-state index in [1.165, 1.54) is 7.11 Å². The van der Waals surface area contributed by atoms with Gasteiger partial charge in [0.15, 0.2) is 17.0 Å². The highest BCUT2D eigenvalue weighted by Crippen LogP contribution is 2.26. The van der Waals surface area contributed by atoms with Gasteiger partial charge in [-0.25, -0.2) is 14.8 Å². The molecule has 0 aliphatic heterocycles. The number of nitrogens with one attached hydrogen (secondary N) is 1. The molecule has 2 N–H and O–H groups in total. The highest BCUT2D eigenvalue weighted by molar-refractivity contribution is 5.97. The molecule has 2 aromatic heterocycles. The lowest BCUT2D eigenvalue weighted by Gasteiger charge is -2.09. The number of hydrogen-bond donors (Lipinski definition) is 2. The van der Waals surface area contributed by atoms with E-state index < -0.39 is 11.9 Å². The van der Waals surface area contributed by atoms with Crippen molar-refractivity contribution in [2.75, 3.05) is 25.6 Å². The van der Waals surface area contributed by atoms with Gasteiger partial charge >= 0.3 is 5.97 Å². The van der Waals surface area contributed by atoms with Crippen LogP contribution >= 0.6 is 0 Å². The van der Waals surface area contributed by atoms with Crippen LogP contribution in [0.25, 0.3) is 11.2 Å². The summed E-state index contributed by atoms with van der Waals surface area (Å²) in [5.74, 6) is -0.350. The summed E-state index contributed by atoms with van der Waals surface area (Å²) in [7, 11) is 1.24. The Bertz CT molecular complexity index is 1070. The minimum absolute atomic E-state index is 0.190. The number of carbonyl (C=O) groups excluding carboxylic acids is 2. The summed E-state index contributed by atoms with van der Waals surface area (Å²) in [6, 6.07) is 9.40. The molecule has 0 bridgehead atoms. The molecule has 1 amide bonds. The van der Waals surface area contributed by atoms with Gasteiger partial charge < -0.3 is 19.9 Å². The predicted octanol–water partition coefficient (Wildman–Crippen LogP) is 2.44. The zero-order valence-corrected chi connectivity index (χ0v) is 18.2. The van der Waals surface area contributed by atoms with Crippen LogP contribution in [0, 0.1) is 0 Å². The van der Waals surface area contributed by atoms with Gasteiger partial charge in [-0.15, -0.1) is 0 Å². The highest BCUT2D eigenvalue weighted by Gasteiger charge is 2.19. The lowest BCUT2D eigenvalue weighted by molar-refractivity contribution is -0.146. The number of aromatic nitrogens is 4. The van der Waals surface area contributed by atoms with Crippen molar-refractivity contribution in [3.63, 3.8) is 0 Å². The third-order valence-corrected chi connectivity index (χ3v) is 4.75. The van der Waals surface area contributed by atoms with Gasteiger partial charge in [-0.3, -0.25) is 9.36 Å². The lowest BCUT2D eigenvalue weighted by atomic mass is 10.2. The number of carbonyl (C=O) groups is 2. The molecule has 0 radical (unpaired) electrons. The van der Waals surface area contributed by atoms with Crippen LogP contribution in [0.4, 0.5) is 5.82 Å². The molecular weight excluding hydrogens is 414 g/mol. The fourth-order valence-electron chi connectivity index (χ4n) is 3.13. The smallest absolute Gasteiger partial charge is 0.331 e. The molecule has 10 heteroatoms. The zero-order chi connectivity index (χ0) is 22.9. The van der Waals surface area contributed by atoms with Gasteiger partial charge in [-0.2, -0.15) is 4.98 Å². The summed E-state index contributed by atoms with van der Waals surface area (Å²) in [6.45, 7) is 1.78. The molecule has 3 rings (SSSR count). The van der Waals surface area contributed by atoms with Crippen molar-refractivity contribution < 1.29 is 24.2 Å². The van der Waals surface area contributed by atoms with E-state index in [2.05, 4.69) is 31.9 Å². The summed E-state index contributed by atoms with van der Waals surface area (Å²) in [5, 5.41) is 13.1. The molecule has 0 spiro atoms. The first kappa shape index (κ1) is 23.1. The van der Waals surface area contributed by atoms with Crippen molar-refractivity contribution >= 4 is 28.9 Å². The number of ether oxygens (including phenoxy) is 2. The van der Waals surface area contributed by atoms with Gasteiger partial charge in [-0.1, -0.05) is 50.1 Å². The minimum Gasteiger partial charge on any atom is -0.480 e. The number of amides is 1. The molecule has 10 nitrogen and oxygen atoms in total. The van der Waals surface area contributed by atoms with Crippen LogP contribution in [-0.4, -0.2) is 56.8 Å². The van der Waals surface area contributed by atoms with Gasteiger partial charge in [0, 0.05) is 6.42 Å². The number of benzene rings is 1. The van der Waals surface area contributed by atoms with Gasteiger partial charge in [0.05, 0.1) is 13.7 Å². The first-order valence-electron chi connectivity index (χ1n) is 10.5. The molecule has 32 heavy (non-hydrogen) atoms. The maximum absolute atomic E-state index is 12.3. The van der Waals surface area contributed by atoms with Crippen molar-refractivity contribution in [2.45, 2.75) is 39.2 Å². The molecule has 2 heterocycles. The molecular formula is C22H27N5O5. The molecule has 0 saturated heterocycles. The van der Waals surface area contributed by atoms with E-state index in [9.17, 15) is 14.7 Å². The second-order valence-corrected chi connectivity index (χ2v) is 7.22. The van der Waals surface area contributed by atoms with Crippen LogP contribution in [0.5, 0.6) is 6.01 Å². The van der Waals surface area contributed by atoms with E-state index in [0.717, 1.165) is 24.8 Å². The van der Waals surface area contributed by atoms with Crippen LogP contribution in [0.1, 0.15) is 37.6 Å². The van der Waals surface area contributed by atoms with Crippen LogP contribution in [0.15, 0.2) is 30.3 Å². The molecule has 0 saturated carbocycles. The number of anilines is 1. The summed E-state index contributed by atoms with van der Waals surface area (Å²) in [4.78, 5) is 36.7. The fourth-order valence-corrected chi connectivity index (χ4v) is 3.13. The molecule has 1 aromatic carbocycles. The quantitative estimate of drug-likeness (QED) is 0.343. The Hall–Kier alpha value is -3.53. The SMILES string of the molecule is CCCCCc1nc(NC(=O)COCC(=O)OC)c2nc(O)n(Cc3ccccc3)c2n1. The first-order chi connectivity index (χ1) is 15.5. The third-order valence-electron chi connectivity index (χ3n) is 4.75. The average molecular weight is 441 g/mol. The van der Waals surface area contributed by atoms with E-state index in [1.54, 1.807) is 4.57 Å². The Kier molecular flexibility index (Phi) is 8.09. The number of unbranched alkanes of at least 4 members (excludes halogenated alkanes) is 2. The van der Waals surface area contributed by atoms with E-state index in [-0.39, 0.29) is 30.6 Å². The molecule has 0 unspecified atom stereocenters. The van der Waals surface area contributed by atoms with Crippen LogP contribution in [-0.2, 0) is 32.0 Å². The van der Waals surface area contributed by atoms with Crippen LogP contribution in [0.2, 0.25) is 0 Å². The Labute approximate surface area is 185 Å². The summed E-state index contributed by atoms with van der Waals surface area (Å²) < 4.78 is 11.1. The Morgan fingerprint density at radius 1 is 1.09 bits per heavy atom. The molecule has 170 valence electrons. The van der Waals surface area contributed by atoms with Crippen molar-refractivity contribution in [1.29, 1.82) is 0 Å². The van der Waals surface area contributed by atoms with Crippen LogP contribution < -0.4 is 5.32 Å². The fraction of sp³-hybridized carbons (Fsp3) is 0.409. The average Bonchev–Trinajstić information content (AvgIpc) is 3.10. The predicted molar refractivity (Wildman–Crippen MR) is 117 cm³/mol. The van der Waals surface area contributed by atoms with Gasteiger partial charge in [-0.05, 0) is 12.0 Å². The number of nitrogens with zero attached hydrogens (tertiary/aromatic N) is 4. The number of methoxy groups -OCH3 is 1. The topological polar surface area (TPSA) is 128 Å². The standard InChI is InChI=1S/C22H27N5O5/c1-3-4-6-11-16-23-20(25-17(28)13-32-14-18(29)31-2)19-21(24-16)27(22(30)26-19)12-15-9-7-5-8-10-15/h5,7-10H,3-4,6,11-14H2,1-2H3,(H,26,30)(H,23,24,25,28). The van der Waals surface area contributed by atoms with E-state index in [4.69, 9.17) is 4.74 Å². The van der Waals surface area contributed by atoms with Crippen molar-refractivity contribution in [3.8, 4) is 6.01 Å². The van der Waals surface area contributed by atoms with Crippen LogP contribution in [0.3, 0.4) is 0 Å². The normalized spacial score (nSPS) is 10.9. The number of imidazole rings is 1. The van der Waals surface area contributed by atoms with E-state index in [0.29, 0.717) is 24.4 Å². The molecule has 3 aromatic rings.